The van der Waals surface area contributed by atoms with Gasteiger partial charge in [0.25, 0.3) is 0 Å². The molecule has 1 saturated heterocycles. The topological polar surface area (TPSA) is 75.6 Å². The van der Waals surface area contributed by atoms with Crippen LogP contribution in [0.3, 0.4) is 0 Å². The quantitative estimate of drug-likeness (QED) is 0.731. The van der Waals surface area contributed by atoms with Crippen molar-refractivity contribution in [2.75, 3.05) is 13.2 Å². The van der Waals surface area contributed by atoms with Crippen molar-refractivity contribution in [1.82, 2.24) is 5.32 Å². The van der Waals surface area contributed by atoms with Crippen LogP contribution in [0.5, 0.6) is 0 Å². The van der Waals surface area contributed by atoms with Crippen molar-refractivity contribution in [3.05, 3.63) is 0 Å². The summed E-state index contributed by atoms with van der Waals surface area (Å²) < 4.78 is 5.08. The zero-order valence-electron chi connectivity index (χ0n) is 9.58. The van der Waals surface area contributed by atoms with Crippen LogP contribution < -0.4 is 5.32 Å². The Kier molecular flexibility index (Phi) is 2.45. The second-order valence-corrected chi connectivity index (χ2v) is 5.42. The highest BCUT2D eigenvalue weighted by Crippen LogP contribution is 2.51. The fourth-order valence-electron chi connectivity index (χ4n) is 2.12. The molecular formula is C11H17NO4. The maximum Gasteiger partial charge on any atom is 0.331 e. The number of ether oxygens (including phenoxy) is 1. The van der Waals surface area contributed by atoms with Crippen LogP contribution in [0.2, 0.25) is 0 Å². The Balaban J connectivity index is 2.02. The number of hydrogen-bond acceptors (Lipinski definition) is 3. The van der Waals surface area contributed by atoms with Crippen LogP contribution in [0.25, 0.3) is 0 Å². The fraction of sp³-hybridized carbons (Fsp3) is 0.818. The summed E-state index contributed by atoms with van der Waals surface area (Å²) in [6.45, 7) is 4.48. The minimum Gasteiger partial charge on any atom is -0.479 e. The average molecular weight is 227 g/mol. The van der Waals surface area contributed by atoms with Gasteiger partial charge in [-0.25, -0.2) is 4.79 Å². The molecule has 5 heteroatoms. The van der Waals surface area contributed by atoms with Gasteiger partial charge in [-0.1, -0.05) is 13.8 Å². The van der Waals surface area contributed by atoms with E-state index in [0.717, 1.165) is 6.42 Å². The molecule has 0 aromatic carbocycles. The Bertz CT molecular complexity index is 331. The van der Waals surface area contributed by atoms with E-state index in [4.69, 9.17) is 9.84 Å². The molecule has 2 rings (SSSR count). The molecule has 2 unspecified atom stereocenters. The van der Waals surface area contributed by atoms with E-state index < -0.39 is 11.5 Å². The highest BCUT2D eigenvalue weighted by Gasteiger charge is 2.53. The Morgan fingerprint density at radius 3 is 2.44 bits per heavy atom. The number of carboxylic acids is 1. The number of nitrogens with one attached hydrogen (secondary N) is 1. The summed E-state index contributed by atoms with van der Waals surface area (Å²) in [4.78, 5) is 23.0. The summed E-state index contributed by atoms with van der Waals surface area (Å²) in [7, 11) is 0. The van der Waals surface area contributed by atoms with E-state index >= 15 is 0 Å². The third-order valence-electron chi connectivity index (χ3n) is 3.62. The van der Waals surface area contributed by atoms with Crippen LogP contribution in [-0.2, 0) is 14.3 Å². The maximum atomic E-state index is 11.9. The molecule has 1 saturated carbocycles. The first kappa shape index (κ1) is 11.4. The number of aliphatic carboxylic acids is 1. The van der Waals surface area contributed by atoms with Gasteiger partial charge in [-0.05, 0) is 11.8 Å². The van der Waals surface area contributed by atoms with Gasteiger partial charge in [-0.2, -0.15) is 0 Å². The van der Waals surface area contributed by atoms with E-state index in [1.54, 1.807) is 0 Å². The summed E-state index contributed by atoms with van der Waals surface area (Å²) >= 11 is 0. The van der Waals surface area contributed by atoms with Gasteiger partial charge in [0.1, 0.15) is 0 Å². The van der Waals surface area contributed by atoms with Crippen LogP contribution in [0.15, 0.2) is 0 Å². The maximum absolute atomic E-state index is 11.9. The smallest absolute Gasteiger partial charge is 0.331 e. The molecule has 2 fully saturated rings. The Hall–Kier alpha value is -1.10. The summed E-state index contributed by atoms with van der Waals surface area (Å²) in [5.74, 6) is -1.21. The first-order valence-corrected chi connectivity index (χ1v) is 5.51. The number of carbonyl (C=O) groups excluding carboxylic acids is 1. The van der Waals surface area contributed by atoms with Gasteiger partial charge in [0, 0.05) is 18.9 Å². The first-order valence-electron chi connectivity index (χ1n) is 5.51. The summed E-state index contributed by atoms with van der Waals surface area (Å²) in [5, 5.41) is 11.8. The lowest BCUT2D eigenvalue weighted by Gasteiger charge is -2.24. The Morgan fingerprint density at radius 2 is 2.06 bits per heavy atom. The monoisotopic (exact) mass is 227 g/mol. The van der Waals surface area contributed by atoms with E-state index in [1.165, 1.54) is 0 Å². The number of carbonyl (C=O) groups is 2. The van der Waals surface area contributed by atoms with Crippen molar-refractivity contribution in [1.29, 1.82) is 0 Å². The van der Waals surface area contributed by atoms with Crippen molar-refractivity contribution in [3.8, 4) is 0 Å². The molecular weight excluding hydrogens is 210 g/mol. The molecule has 1 amide bonds. The summed E-state index contributed by atoms with van der Waals surface area (Å²) in [6.07, 6.45) is 1.18. The van der Waals surface area contributed by atoms with Gasteiger partial charge in [-0.15, -0.1) is 0 Å². The molecule has 2 atom stereocenters. The molecule has 0 radical (unpaired) electrons. The molecule has 1 aliphatic carbocycles. The van der Waals surface area contributed by atoms with Crippen LogP contribution in [0.4, 0.5) is 0 Å². The largest absolute Gasteiger partial charge is 0.479 e. The number of hydrogen-bond donors (Lipinski definition) is 2. The van der Waals surface area contributed by atoms with Gasteiger partial charge >= 0.3 is 5.97 Å². The number of amides is 1. The molecule has 2 N–H and O–H groups in total. The van der Waals surface area contributed by atoms with Gasteiger partial charge in [0.05, 0.1) is 6.61 Å². The van der Waals surface area contributed by atoms with Crippen LogP contribution >= 0.6 is 0 Å². The molecule has 0 bridgehead atoms. The minimum atomic E-state index is -1.20. The zero-order valence-corrected chi connectivity index (χ0v) is 9.58. The van der Waals surface area contributed by atoms with E-state index in [2.05, 4.69) is 5.32 Å². The fourth-order valence-corrected chi connectivity index (χ4v) is 2.12. The molecule has 90 valence electrons. The van der Waals surface area contributed by atoms with Crippen LogP contribution in [0, 0.1) is 11.3 Å². The predicted octanol–water partition coefficient (Wildman–Crippen LogP) is 0.392. The normalized spacial score (nSPS) is 35.8. The summed E-state index contributed by atoms with van der Waals surface area (Å²) in [6, 6.07) is 0. The predicted molar refractivity (Wildman–Crippen MR) is 55.8 cm³/mol. The first-order chi connectivity index (χ1) is 7.37. The molecule has 0 aromatic heterocycles. The Labute approximate surface area is 94.2 Å². The van der Waals surface area contributed by atoms with E-state index in [1.807, 2.05) is 13.8 Å². The van der Waals surface area contributed by atoms with Crippen molar-refractivity contribution < 1.29 is 19.4 Å². The van der Waals surface area contributed by atoms with Gasteiger partial charge in [0.2, 0.25) is 5.91 Å². The lowest BCUT2D eigenvalue weighted by molar-refractivity contribution is -0.148. The van der Waals surface area contributed by atoms with Crippen LogP contribution in [-0.4, -0.2) is 35.7 Å². The number of rotatable bonds is 3. The van der Waals surface area contributed by atoms with Crippen molar-refractivity contribution in [3.63, 3.8) is 0 Å². The van der Waals surface area contributed by atoms with Gasteiger partial charge < -0.3 is 15.2 Å². The zero-order chi connectivity index (χ0) is 12.0. The van der Waals surface area contributed by atoms with Crippen molar-refractivity contribution in [2.45, 2.75) is 32.2 Å². The minimum absolute atomic E-state index is 0.0171. The molecule has 0 spiro atoms. The average Bonchev–Trinajstić information content (AvgIpc) is 2.63. The van der Waals surface area contributed by atoms with Crippen LogP contribution in [0.1, 0.15) is 26.7 Å². The van der Waals surface area contributed by atoms with Gasteiger partial charge in [-0.3, -0.25) is 4.79 Å². The SMILES string of the molecule is CC1(C)CC1C(=O)NC1(C(=O)O)CCOC1. The lowest BCUT2D eigenvalue weighted by Crippen LogP contribution is -2.55. The molecule has 16 heavy (non-hydrogen) atoms. The molecule has 1 aliphatic heterocycles. The van der Waals surface area contributed by atoms with E-state index in [9.17, 15) is 9.59 Å². The number of carboxylic acid groups (broad SMARTS) is 1. The van der Waals surface area contributed by atoms with Crippen molar-refractivity contribution >= 4 is 11.9 Å². The molecule has 5 nitrogen and oxygen atoms in total. The standard InChI is InChI=1S/C11H17NO4/c1-10(2)5-7(10)8(13)12-11(9(14)15)3-4-16-6-11/h7H,3-6H2,1-2H3,(H,12,13)(H,14,15). The second kappa shape index (κ2) is 3.45. The Morgan fingerprint density at radius 1 is 1.44 bits per heavy atom. The van der Waals surface area contributed by atoms with Gasteiger partial charge in [0.15, 0.2) is 5.54 Å². The third-order valence-corrected chi connectivity index (χ3v) is 3.62. The highest BCUT2D eigenvalue weighted by molar-refractivity contribution is 5.90. The highest BCUT2D eigenvalue weighted by atomic mass is 16.5. The van der Waals surface area contributed by atoms with Crippen molar-refractivity contribution in [2.24, 2.45) is 11.3 Å². The lowest BCUT2D eigenvalue weighted by atomic mass is 9.98. The molecule has 0 aromatic rings. The third kappa shape index (κ3) is 1.80. The van der Waals surface area contributed by atoms with E-state index in [0.29, 0.717) is 13.0 Å². The van der Waals surface area contributed by atoms with E-state index in [-0.39, 0.29) is 23.8 Å². The molecule has 1 heterocycles. The summed E-state index contributed by atoms with van der Waals surface area (Å²) in [5.41, 5.74) is -1.18. The molecule has 2 aliphatic rings. The second-order valence-electron chi connectivity index (χ2n) is 5.42.